The first kappa shape index (κ1) is 12.6. The summed E-state index contributed by atoms with van der Waals surface area (Å²) in [6, 6.07) is 3.74. The van der Waals surface area contributed by atoms with Gasteiger partial charge in [0.05, 0.1) is 16.8 Å². The van der Waals surface area contributed by atoms with Crippen LogP contribution in [-0.4, -0.2) is 28.3 Å². The Labute approximate surface area is 112 Å². The van der Waals surface area contributed by atoms with E-state index in [0.29, 0.717) is 17.2 Å². The number of hydrogen-bond acceptors (Lipinski definition) is 5. The fourth-order valence-electron chi connectivity index (χ4n) is 2.04. The Balaban J connectivity index is 1.97. The Morgan fingerprint density at radius 2 is 1.63 bits per heavy atom. The van der Waals surface area contributed by atoms with Gasteiger partial charge >= 0.3 is 7.12 Å². The summed E-state index contributed by atoms with van der Waals surface area (Å²) in [7, 11) is -0.472. The fraction of sp³-hybridized carbons (Fsp3) is 0.538. The van der Waals surface area contributed by atoms with Crippen LogP contribution in [0.5, 0.6) is 0 Å². The molecule has 3 heterocycles. The molecule has 0 amide bonds. The molecule has 1 aliphatic rings. The van der Waals surface area contributed by atoms with Crippen molar-refractivity contribution in [1.29, 1.82) is 0 Å². The van der Waals surface area contributed by atoms with Crippen molar-refractivity contribution in [3.05, 3.63) is 18.0 Å². The molecule has 100 valence electrons. The van der Waals surface area contributed by atoms with E-state index in [0.717, 1.165) is 5.52 Å². The van der Waals surface area contributed by atoms with Crippen molar-refractivity contribution in [2.24, 2.45) is 0 Å². The molecule has 2 aromatic heterocycles. The highest BCUT2D eigenvalue weighted by atomic mass is 16.7. The smallest absolute Gasteiger partial charge is 0.423 e. The second-order valence-electron chi connectivity index (χ2n) is 5.88. The maximum atomic E-state index is 5.96. The molecule has 19 heavy (non-hydrogen) atoms. The first-order chi connectivity index (χ1) is 8.78. The maximum absolute atomic E-state index is 5.96. The van der Waals surface area contributed by atoms with Gasteiger partial charge < -0.3 is 13.7 Å². The Morgan fingerprint density at radius 3 is 2.26 bits per heavy atom. The summed E-state index contributed by atoms with van der Waals surface area (Å²) >= 11 is 0. The predicted molar refractivity (Wildman–Crippen MR) is 72.3 cm³/mol. The number of nitrogens with zero attached hydrogens (tertiary/aromatic N) is 2. The normalized spacial score (nSPS) is 21.2. The third-order valence-electron chi connectivity index (χ3n) is 3.88. The Kier molecular flexibility index (Phi) is 2.53. The molecule has 1 fully saturated rings. The van der Waals surface area contributed by atoms with E-state index in [1.54, 1.807) is 6.92 Å². The molecule has 5 nitrogen and oxygen atoms in total. The van der Waals surface area contributed by atoms with Gasteiger partial charge in [-0.2, -0.15) is 0 Å². The van der Waals surface area contributed by atoms with Gasteiger partial charge in [-0.25, -0.2) is 9.97 Å². The van der Waals surface area contributed by atoms with Crippen molar-refractivity contribution in [3.63, 3.8) is 0 Å². The molecule has 0 saturated carbocycles. The summed E-state index contributed by atoms with van der Waals surface area (Å²) in [4.78, 5) is 8.66. The van der Waals surface area contributed by atoms with Crippen LogP contribution < -0.4 is 5.59 Å². The molecule has 0 N–H and O–H groups in total. The van der Waals surface area contributed by atoms with E-state index >= 15 is 0 Å². The molecule has 1 saturated heterocycles. The van der Waals surface area contributed by atoms with E-state index in [2.05, 4.69) is 9.97 Å². The van der Waals surface area contributed by atoms with Crippen LogP contribution in [0.15, 0.2) is 16.5 Å². The van der Waals surface area contributed by atoms with Crippen molar-refractivity contribution >= 4 is 23.9 Å². The van der Waals surface area contributed by atoms with Crippen LogP contribution in [0, 0.1) is 6.92 Å². The highest BCUT2D eigenvalue weighted by molar-refractivity contribution is 6.61. The van der Waals surface area contributed by atoms with E-state index in [4.69, 9.17) is 13.7 Å². The van der Waals surface area contributed by atoms with E-state index in [9.17, 15) is 0 Å². The van der Waals surface area contributed by atoms with Crippen molar-refractivity contribution < 1.29 is 13.7 Å². The van der Waals surface area contributed by atoms with Crippen molar-refractivity contribution in [2.75, 3.05) is 0 Å². The van der Waals surface area contributed by atoms with Gasteiger partial charge in [-0.3, -0.25) is 0 Å². The first-order valence-corrected chi connectivity index (χ1v) is 6.38. The lowest BCUT2D eigenvalue weighted by atomic mass is 9.84. The number of fused-ring (bicyclic) bond motifs is 1. The summed E-state index contributed by atoms with van der Waals surface area (Å²) in [5.74, 6) is 0.605. The van der Waals surface area contributed by atoms with Crippen molar-refractivity contribution in [1.82, 2.24) is 9.97 Å². The monoisotopic (exact) mass is 260 g/mol. The summed E-state index contributed by atoms with van der Waals surface area (Å²) < 4.78 is 17.4. The first-order valence-electron chi connectivity index (χ1n) is 6.38. The van der Waals surface area contributed by atoms with E-state index in [-0.39, 0.29) is 11.2 Å². The second-order valence-corrected chi connectivity index (χ2v) is 5.88. The molecule has 6 heteroatoms. The largest absolute Gasteiger partial charge is 0.514 e. The number of aromatic nitrogens is 2. The van der Waals surface area contributed by atoms with Gasteiger partial charge in [-0.05, 0) is 39.8 Å². The van der Waals surface area contributed by atoms with Crippen LogP contribution in [0.25, 0.3) is 11.2 Å². The fourth-order valence-corrected chi connectivity index (χ4v) is 2.04. The average molecular weight is 260 g/mol. The molecule has 0 aromatic carbocycles. The lowest BCUT2D eigenvalue weighted by molar-refractivity contribution is 0.00578. The summed E-state index contributed by atoms with van der Waals surface area (Å²) in [6.45, 7) is 9.87. The van der Waals surface area contributed by atoms with Gasteiger partial charge in [-0.15, -0.1) is 0 Å². The Bertz CT molecular complexity index is 620. The number of hydrogen-bond donors (Lipinski definition) is 0. The minimum absolute atomic E-state index is 0.369. The highest BCUT2D eigenvalue weighted by Gasteiger charge is 2.52. The molecule has 2 aromatic rings. The second kappa shape index (κ2) is 3.80. The van der Waals surface area contributed by atoms with Crippen LogP contribution >= 0.6 is 0 Å². The van der Waals surface area contributed by atoms with Gasteiger partial charge in [0.2, 0.25) is 5.71 Å². The van der Waals surface area contributed by atoms with E-state index in [1.807, 2.05) is 39.8 Å². The van der Waals surface area contributed by atoms with Gasteiger partial charge in [0.25, 0.3) is 0 Å². The zero-order chi connectivity index (χ0) is 13.8. The zero-order valence-corrected chi connectivity index (χ0v) is 11.9. The van der Waals surface area contributed by atoms with Gasteiger partial charge in [0.1, 0.15) is 5.52 Å². The van der Waals surface area contributed by atoms with Crippen molar-refractivity contribution in [2.45, 2.75) is 45.8 Å². The van der Waals surface area contributed by atoms with E-state index in [1.165, 1.54) is 0 Å². The SMILES string of the molecule is Cc1nc2ccc(B3OC(C)(C)C(C)(C)O3)nc2o1. The Hall–Kier alpha value is -1.40. The summed E-state index contributed by atoms with van der Waals surface area (Å²) in [6.07, 6.45) is 0. The number of aryl methyl sites for hydroxylation is 1. The molecule has 3 rings (SSSR count). The number of rotatable bonds is 1. The molecule has 0 aliphatic carbocycles. The molecule has 0 radical (unpaired) electrons. The van der Waals surface area contributed by atoms with Crippen molar-refractivity contribution in [3.8, 4) is 0 Å². The molecular formula is C13H17BN2O3. The highest BCUT2D eigenvalue weighted by Crippen LogP contribution is 2.36. The minimum atomic E-state index is -0.472. The third kappa shape index (κ3) is 1.95. The minimum Gasteiger partial charge on any atom is -0.423 e. The van der Waals surface area contributed by atoms with Gasteiger partial charge in [-0.1, -0.05) is 0 Å². The average Bonchev–Trinajstić information content (AvgIpc) is 2.74. The molecule has 0 bridgehead atoms. The standard InChI is InChI=1S/C13H17BN2O3/c1-8-15-9-6-7-10(16-11(9)17-8)14-18-12(2,3)13(4,5)19-14/h6-7H,1-5H3. The molecule has 0 atom stereocenters. The number of oxazole rings is 1. The summed E-state index contributed by atoms with van der Waals surface area (Å²) in [5, 5.41) is 0. The Morgan fingerprint density at radius 1 is 1.00 bits per heavy atom. The lowest BCUT2D eigenvalue weighted by Gasteiger charge is -2.32. The quantitative estimate of drug-likeness (QED) is 0.732. The maximum Gasteiger partial charge on any atom is 0.514 e. The predicted octanol–water partition coefficient (Wildman–Crippen LogP) is 1.83. The molecule has 1 aliphatic heterocycles. The number of pyridine rings is 1. The topological polar surface area (TPSA) is 57.4 Å². The molecule has 0 unspecified atom stereocenters. The van der Waals surface area contributed by atoms with Gasteiger partial charge in [0.15, 0.2) is 5.89 Å². The van der Waals surface area contributed by atoms with Crippen LogP contribution in [0.2, 0.25) is 0 Å². The van der Waals surface area contributed by atoms with Crippen LogP contribution in [0.1, 0.15) is 33.6 Å². The van der Waals surface area contributed by atoms with E-state index < -0.39 is 7.12 Å². The van der Waals surface area contributed by atoms with Crippen LogP contribution in [-0.2, 0) is 9.31 Å². The molecular weight excluding hydrogens is 243 g/mol. The van der Waals surface area contributed by atoms with Crippen LogP contribution in [0.4, 0.5) is 0 Å². The summed E-state index contributed by atoms with van der Waals surface area (Å²) in [5.41, 5.74) is 1.24. The third-order valence-corrected chi connectivity index (χ3v) is 3.88. The zero-order valence-electron chi connectivity index (χ0n) is 11.9. The van der Waals surface area contributed by atoms with Crippen LogP contribution in [0.3, 0.4) is 0 Å². The molecule has 0 spiro atoms. The lowest BCUT2D eigenvalue weighted by Crippen LogP contribution is -2.41. The van der Waals surface area contributed by atoms with Gasteiger partial charge in [0, 0.05) is 6.92 Å².